The first-order valence-corrected chi connectivity index (χ1v) is 10.6. The molecule has 0 N–H and O–H groups in total. The lowest BCUT2D eigenvalue weighted by atomic mass is 9.88. The molecule has 0 atom stereocenters. The highest BCUT2D eigenvalue weighted by molar-refractivity contribution is 5.84. The van der Waals surface area contributed by atoms with E-state index in [9.17, 15) is 9.18 Å². The van der Waals surface area contributed by atoms with E-state index in [0.29, 0.717) is 48.9 Å². The number of hydrogen-bond donors (Lipinski definition) is 0. The van der Waals surface area contributed by atoms with Crippen molar-refractivity contribution in [3.8, 4) is 5.69 Å². The fourth-order valence-corrected chi connectivity index (χ4v) is 4.47. The standard InChI is InChI=1S/C21H24FN7O/c22-16-6-8-17(9-7-16)29-20-18(25-26-29)19(23-14-24-20)27-10-12-28(13-11-27)21(30)15-4-2-1-3-5-15/h6-9,14-15H,1-5,10-13H2. The van der Waals surface area contributed by atoms with Gasteiger partial charge in [-0.05, 0) is 37.1 Å². The largest absolute Gasteiger partial charge is 0.351 e. The molecule has 156 valence electrons. The van der Waals surface area contributed by atoms with Crippen molar-refractivity contribution in [3.05, 3.63) is 36.4 Å². The van der Waals surface area contributed by atoms with Gasteiger partial charge in [0.1, 0.15) is 12.1 Å². The lowest BCUT2D eigenvalue weighted by molar-refractivity contribution is -0.136. The van der Waals surface area contributed by atoms with Gasteiger partial charge in [-0.2, -0.15) is 4.68 Å². The molecule has 2 aromatic heterocycles. The Bertz CT molecular complexity index is 1040. The third kappa shape index (κ3) is 3.48. The Morgan fingerprint density at radius 2 is 1.70 bits per heavy atom. The number of halogens is 1. The molecule has 5 rings (SSSR count). The maximum Gasteiger partial charge on any atom is 0.225 e. The summed E-state index contributed by atoms with van der Waals surface area (Å²) in [5, 5.41) is 8.50. The molecule has 2 aliphatic rings. The number of anilines is 1. The van der Waals surface area contributed by atoms with Gasteiger partial charge in [0.05, 0.1) is 5.69 Å². The van der Waals surface area contributed by atoms with Crippen LogP contribution >= 0.6 is 0 Å². The third-order valence-corrected chi connectivity index (χ3v) is 6.13. The van der Waals surface area contributed by atoms with Crippen LogP contribution in [0.5, 0.6) is 0 Å². The van der Waals surface area contributed by atoms with Crippen LogP contribution in [0.2, 0.25) is 0 Å². The van der Waals surface area contributed by atoms with E-state index in [0.717, 1.165) is 18.7 Å². The molecule has 3 heterocycles. The van der Waals surface area contributed by atoms with Crippen molar-refractivity contribution in [2.24, 2.45) is 5.92 Å². The first-order valence-electron chi connectivity index (χ1n) is 10.6. The van der Waals surface area contributed by atoms with Gasteiger partial charge in [0.15, 0.2) is 17.0 Å². The molecule has 30 heavy (non-hydrogen) atoms. The Morgan fingerprint density at radius 1 is 0.967 bits per heavy atom. The molecule has 0 radical (unpaired) electrons. The summed E-state index contributed by atoms with van der Waals surface area (Å²) in [7, 11) is 0. The lowest BCUT2D eigenvalue weighted by Gasteiger charge is -2.37. The van der Waals surface area contributed by atoms with Gasteiger partial charge in [-0.3, -0.25) is 4.79 Å². The molecule has 0 unspecified atom stereocenters. The number of aromatic nitrogens is 5. The quantitative estimate of drug-likeness (QED) is 0.662. The summed E-state index contributed by atoms with van der Waals surface area (Å²) in [4.78, 5) is 25.7. The van der Waals surface area contributed by atoms with E-state index in [-0.39, 0.29) is 11.7 Å². The molecule has 1 aliphatic heterocycles. The Balaban J connectivity index is 1.33. The van der Waals surface area contributed by atoms with Crippen molar-refractivity contribution in [2.75, 3.05) is 31.1 Å². The molecule has 1 saturated carbocycles. The van der Waals surface area contributed by atoms with Gasteiger partial charge in [0, 0.05) is 32.1 Å². The van der Waals surface area contributed by atoms with E-state index in [2.05, 4.69) is 25.2 Å². The van der Waals surface area contributed by atoms with Crippen molar-refractivity contribution in [1.29, 1.82) is 0 Å². The molecule has 9 heteroatoms. The predicted octanol–water partition coefficient (Wildman–Crippen LogP) is 2.58. The Hall–Kier alpha value is -3.10. The minimum Gasteiger partial charge on any atom is -0.351 e. The van der Waals surface area contributed by atoms with Gasteiger partial charge in [-0.25, -0.2) is 14.4 Å². The average molecular weight is 409 g/mol. The van der Waals surface area contributed by atoms with Crippen molar-refractivity contribution in [2.45, 2.75) is 32.1 Å². The van der Waals surface area contributed by atoms with Gasteiger partial charge in [-0.1, -0.05) is 24.5 Å². The summed E-state index contributed by atoms with van der Waals surface area (Å²) in [5.74, 6) is 0.924. The van der Waals surface area contributed by atoms with Crippen molar-refractivity contribution >= 4 is 22.9 Å². The Kier molecular flexibility index (Phi) is 5.02. The number of benzene rings is 1. The third-order valence-electron chi connectivity index (χ3n) is 6.13. The number of nitrogens with zero attached hydrogens (tertiary/aromatic N) is 7. The maximum atomic E-state index is 13.3. The van der Waals surface area contributed by atoms with Crippen LogP contribution in [0.15, 0.2) is 30.6 Å². The molecule has 0 bridgehead atoms. The highest BCUT2D eigenvalue weighted by Gasteiger charge is 2.29. The summed E-state index contributed by atoms with van der Waals surface area (Å²) in [5.41, 5.74) is 1.87. The van der Waals surface area contributed by atoms with Crippen LogP contribution in [0.3, 0.4) is 0 Å². The molecule has 8 nitrogen and oxygen atoms in total. The number of carbonyl (C=O) groups excluding carboxylic acids is 1. The number of hydrogen-bond acceptors (Lipinski definition) is 6. The number of carbonyl (C=O) groups is 1. The number of amides is 1. The van der Waals surface area contributed by atoms with E-state index in [1.807, 2.05) is 4.90 Å². The molecule has 1 amide bonds. The van der Waals surface area contributed by atoms with Gasteiger partial charge in [-0.15, -0.1) is 5.10 Å². The highest BCUT2D eigenvalue weighted by Crippen LogP contribution is 2.27. The second-order valence-electron chi connectivity index (χ2n) is 7.99. The fourth-order valence-electron chi connectivity index (χ4n) is 4.47. The summed E-state index contributed by atoms with van der Waals surface area (Å²) in [6, 6.07) is 6.04. The molecular weight excluding hydrogens is 385 g/mol. The van der Waals surface area contributed by atoms with Gasteiger partial charge < -0.3 is 9.80 Å². The fraction of sp³-hybridized carbons (Fsp3) is 0.476. The molecule has 0 spiro atoms. The van der Waals surface area contributed by atoms with Crippen molar-refractivity contribution in [1.82, 2.24) is 29.9 Å². The Morgan fingerprint density at radius 3 is 2.43 bits per heavy atom. The SMILES string of the molecule is O=C(C1CCCCC1)N1CCN(c2ncnc3c2nnn3-c2ccc(F)cc2)CC1. The first-order chi connectivity index (χ1) is 14.7. The van der Waals surface area contributed by atoms with Gasteiger partial charge in [0.2, 0.25) is 5.91 Å². The molecule has 2 fully saturated rings. The van der Waals surface area contributed by atoms with Crippen LogP contribution in [0.1, 0.15) is 32.1 Å². The Labute approximate surface area is 173 Å². The van der Waals surface area contributed by atoms with Crippen LogP contribution in [-0.4, -0.2) is 61.9 Å². The minimum atomic E-state index is -0.306. The smallest absolute Gasteiger partial charge is 0.225 e. The molecular formula is C21H24FN7O. The van der Waals surface area contributed by atoms with Crippen LogP contribution in [0.4, 0.5) is 10.2 Å². The van der Waals surface area contributed by atoms with Crippen molar-refractivity contribution in [3.63, 3.8) is 0 Å². The second-order valence-corrected chi connectivity index (χ2v) is 7.99. The summed E-state index contributed by atoms with van der Waals surface area (Å²) in [6.07, 6.45) is 7.13. The van der Waals surface area contributed by atoms with E-state index >= 15 is 0 Å². The van der Waals surface area contributed by atoms with Gasteiger partial charge >= 0.3 is 0 Å². The highest BCUT2D eigenvalue weighted by atomic mass is 19.1. The summed E-state index contributed by atoms with van der Waals surface area (Å²) < 4.78 is 14.8. The topological polar surface area (TPSA) is 80.0 Å². The molecule has 1 aromatic carbocycles. The van der Waals surface area contributed by atoms with Crippen LogP contribution in [-0.2, 0) is 4.79 Å². The minimum absolute atomic E-state index is 0.201. The number of rotatable bonds is 3. The molecule has 3 aromatic rings. The summed E-state index contributed by atoms with van der Waals surface area (Å²) in [6.45, 7) is 2.78. The first kappa shape index (κ1) is 18.9. The number of piperazine rings is 1. The monoisotopic (exact) mass is 409 g/mol. The molecule has 1 saturated heterocycles. The maximum absolute atomic E-state index is 13.3. The predicted molar refractivity (Wildman–Crippen MR) is 110 cm³/mol. The normalized spacial score (nSPS) is 18.2. The average Bonchev–Trinajstić information content (AvgIpc) is 3.24. The van der Waals surface area contributed by atoms with E-state index in [4.69, 9.17) is 0 Å². The van der Waals surface area contributed by atoms with Crippen molar-refractivity contribution < 1.29 is 9.18 Å². The lowest BCUT2D eigenvalue weighted by Crippen LogP contribution is -2.50. The second kappa shape index (κ2) is 7.97. The van der Waals surface area contributed by atoms with E-state index in [1.165, 1.54) is 37.7 Å². The van der Waals surface area contributed by atoms with Crippen LogP contribution in [0.25, 0.3) is 16.9 Å². The zero-order valence-corrected chi connectivity index (χ0v) is 16.7. The van der Waals surface area contributed by atoms with E-state index in [1.54, 1.807) is 16.8 Å². The van der Waals surface area contributed by atoms with Crippen LogP contribution in [0, 0.1) is 11.7 Å². The van der Waals surface area contributed by atoms with E-state index < -0.39 is 0 Å². The van der Waals surface area contributed by atoms with Gasteiger partial charge in [0.25, 0.3) is 0 Å². The zero-order chi connectivity index (χ0) is 20.5. The number of fused-ring (bicyclic) bond motifs is 1. The van der Waals surface area contributed by atoms with Crippen LogP contribution < -0.4 is 4.90 Å². The zero-order valence-electron chi connectivity index (χ0n) is 16.7. The summed E-state index contributed by atoms with van der Waals surface area (Å²) >= 11 is 0. The molecule has 1 aliphatic carbocycles.